The van der Waals surface area contributed by atoms with Crippen LogP contribution in [0, 0.1) is 0 Å². The molecule has 12 heteroatoms. The lowest BCUT2D eigenvalue weighted by atomic mass is 9.92. The number of nitrogens with zero attached hydrogens (tertiary/aromatic N) is 6. The van der Waals surface area contributed by atoms with Gasteiger partial charge in [0.1, 0.15) is 12.8 Å². The number of hydrogen-bond donors (Lipinski definition) is 1. The van der Waals surface area contributed by atoms with Crippen molar-refractivity contribution in [1.29, 1.82) is 0 Å². The Morgan fingerprint density at radius 2 is 1.82 bits per heavy atom. The van der Waals surface area contributed by atoms with Crippen LogP contribution in [0.1, 0.15) is 26.4 Å². The molecular weight excluding hydrogens is 506 g/mol. The number of anilines is 2. The Kier molecular flexibility index (Phi) is 7.00. The zero-order chi connectivity index (χ0) is 27.0. The van der Waals surface area contributed by atoms with E-state index in [2.05, 4.69) is 15.0 Å². The fourth-order valence-electron chi connectivity index (χ4n) is 4.89. The normalized spacial score (nSPS) is 16.1. The third-order valence-corrected chi connectivity index (χ3v) is 7.47. The summed E-state index contributed by atoms with van der Waals surface area (Å²) in [5.74, 6) is -0.812. The highest BCUT2D eigenvalue weighted by atomic mass is 32.1. The number of oxime groups is 1. The molecule has 1 fully saturated rings. The molecule has 1 saturated heterocycles. The summed E-state index contributed by atoms with van der Waals surface area (Å²) in [7, 11) is 5.20. The van der Waals surface area contributed by atoms with Crippen molar-refractivity contribution < 1.29 is 19.2 Å². The molecule has 3 aromatic rings. The zero-order valence-corrected chi connectivity index (χ0v) is 22.3. The average Bonchev–Trinajstić information content (AvgIpc) is 3.35. The zero-order valence-electron chi connectivity index (χ0n) is 21.5. The Morgan fingerprint density at radius 3 is 2.45 bits per heavy atom. The predicted molar refractivity (Wildman–Crippen MR) is 147 cm³/mol. The predicted octanol–water partition coefficient (Wildman–Crippen LogP) is 1.74. The Balaban J connectivity index is 1.38. The molecule has 38 heavy (non-hydrogen) atoms. The molecule has 2 N–H and O–H groups in total. The number of imide groups is 1. The highest BCUT2D eigenvalue weighted by Crippen LogP contribution is 2.36. The average molecular weight is 536 g/mol. The van der Waals surface area contributed by atoms with Crippen molar-refractivity contribution in [1.82, 2.24) is 19.7 Å². The number of nitrogens with two attached hydrogens (primary N) is 1. The second-order valence-electron chi connectivity index (χ2n) is 9.40. The van der Waals surface area contributed by atoms with Gasteiger partial charge in [-0.05, 0) is 32.3 Å². The number of carbonyl (C=O) groups excluding carboxylic acids is 3. The molecule has 0 bridgehead atoms. The third kappa shape index (κ3) is 4.56. The monoisotopic (exact) mass is 535 g/mol. The van der Waals surface area contributed by atoms with Crippen molar-refractivity contribution in [2.24, 2.45) is 5.16 Å². The number of amides is 3. The largest absolute Gasteiger partial charge is 0.398 e. The quantitative estimate of drug-likeness (QED) is 0.276. The summed E-state index contributed by atoms with van der Waals surface area (Å²) in [6.45, 7) is 2.98. The van der Waals surface area contributed by atoms with Crippen molar-refractivity contribution in [3.8, 4) is 0 Å². The maximum Gasteiger partial charge on any atom is 0.278 e. The van der Waals surface area contributed by atoms with Gasteiger partial charge in [-0.3, -0.25) is 19.3 Å². The summed E-state index contributed by atoms with van der Waals surface area (Å²) in [5, 5.41) is 7.48. The first-order valence-corrected chi connectivity index (χ1v) is 13.1. The molecule has 3 heterocycles. The van der Waals surface area contributed by atoms with E-state index in [0.29, 0.717) is 66.6 Å². The number of thiazole rings is 1. The van der Waals surface area contributed by atoms with Crippen molar-refractivity contribution in [3.63, 3.8) is 0 Å². The Morgan fingerprint density at radius 1 is 1.11 bits per heavy atom. The van der Waals surface area contributed by atoms with Crippen molar-refractivity contribution in [3.05, 3.63) is 52.5 Å². The lowest BCUT2D eigenvalue weighted by molar-refractivity contribution is -0.124. The first-order valence-electron chi connectivity index (χ1n) is 12.2. The molecule has 2 aromatic carbocycles. The summed E-state index contributed by atoms with van der Waals surface area (Å²) >= 11 is 1.23. The number of nitrogen functional groups attached to an aromatic ring is 1. The van der Waals surface area contributed by atoms with Crippen molar-refractivity contribution in [2.75, 3.05) is 71.1 Å². The maximum atomic E-state index is 13.3. The molecule has 2 aliphatic rings. The van der Waals surface area contributed by atoms with Gasteiger partial charge in [0.05, 0.1) is 0 Å². The lowest BCUT2D eigenvalue weighted by Crippen LogP contribution is -2.51. The number of likely N-dealkylation sites (N-methyl/N-ethyl adjacent to an activating group) is 1. The third-order valence-electron chi connectivity index (χ3n) is 6.80. The minimum atomic E-state index is -0.275. The standard InChI is InChI=1S/C26H29N7O4S/c1-30(2)9-14-33-23(34)17-6-4-5-16-20(8-7-18(21(16)17)24(33)35)31-10-12-32(13-11-31)25(36)22(29-37-3)19-15-38-26(27)28-19/h4-8,15H,9-14H2,1-3H3,(H2,27,28). The number of piperazine rings is 1. The highest BCUT2D eigenvalue weighted by molar-refractivity contribution is 7.13. The van der Waals surface area contributed by atoms with Gasteiger partial charge < -0.3 is 25.3 Å². The van der Waals surface area contributed by atoms with Crippen LogP contribution in [0.5, 0.6) is 0 Å². The second kappa shape index (κ2) is 10.4. The number of rotatable bonds is 7. The van der Waals surface area contributed by atoms with Gasteiger partial charge in [0.25, 0.3) is 17.7 Å². The van der Waals surface area contributed by atoms with E-state index in [9.17, 15) is 14.4 Å². The van der Waals surface area contributed by atoms with Crippen LogP contribution < -0.4 is 10.6 Å². The van der Waals surface area contributed by atoms with Gasteiger partial charge in [-0.1, -0.05) is 17.3 Å². The Bertz CT molecular complexity index is 1420. The van der Waals surface area contributed by atoms with Crippen LogP contribution in [-0.2, 0) is 9.63 Å². The summed E-state index contributed by atoms with van der Waals surface area (Å²) in [5.41, 5.74) is 8.25. The van der Waals surface area contributed by atoms with Crippen LogP contribution in [0.15, 0.2) is 40.9 Å². The molecule has 11 nitrogen and oxygen atoms in total. The van der Waals surface area contributed by atoms with Gasteiger partial charge in [0.2, 0.25) is 0 Å². The number of hydrogen-bond acceptors (Lipinski definition) is 10. The molecule has 198 valence electrons. The SMILES string of the molecule is CON=C(C(=O)N1CCN(c2ccc3c4c(cccc24)C(=O)N(CCN(C)C)C3=O)CC1)c1csc(N)n1. The van der Waals surface area contributed by atoms with Crippen LogP contribution in [0.4, 0.5) is 10.8 Å². The van der Waals surface area contributed by atoms with Crippen LogP contribution in [0.3, 0.4) is 0 Å². The molecular formula is C26H29N7O4S. The van der Waals surface area contributed by atoms with Crippen LogP contribution in [-0.4, -0.2) is 104 Å². The van der Waals surface area contributed by atoms with Gasteiger partial charge in [0, 0.05) is 72.2 Å². The Hall–Kier alpha value is -4.03. The minimum Gasteiger partial charge on any atom is -0.398 e. The second-order valence-corrected chi connectivity index (χ2v) is 10.3. The fraction of sp³-hybridized carbons (Fsp3) is 0.346. The molecule has 0 atom stereocenters. The van der Waals surface area contributed by atoms with Crippen molar-refractivity contribution in [2.45, 2.75) is 0 Å². The van der Waals surface area contributed by atoms with E-state index in [1.54, 1.807) is 16.3 Å². The van der Waals surface area contributed by atoms with Gasteiger partial charge in [0.15, 0.2) is 10.8 Å². The fourth-order valence-corrected chi connectivity index (χ4v) is 5.44. The Labute approximate surface area is 224 Å². The van der Waals surface area contributed by atoms with E-state index < -0.39 is 0 Å². The number of aromatic nitrogens is 1. The van der Waals surface area contributed by atoms with Gasteiger partial charge in [-0.15, -0.1) is 11.3 Å². The molecule has 0 radical (unpaired) electrons. The van der Waals surface area contributed by atoms with Gasteiger partial charge in [-0.2, -0.15) is 0 Å². The summed E-state index contributed by atoms with van der Waals surface area (Å²) in [6, 6.07) is 9.33. The minimum absolute atomic E-state index is 0.117. The number of carbonyl (C=O) groups is 3. The molecule has 0 saturated carbocycles. The van der Waals surface area contributed by atoms with Gasteiger partial charge >= 0.3 is 0 Å². The van der Waals surface area contributed by atoms with E-state index in [4.69, 9.17) is 10.6 Å². The van der Waals surface area contributed by atoms with Crippen LogP contribution >= 0.6 is 11.3 Å². The summed E-state index contributed by atoms with van der Waals surface area (Å²) in [6.07, 6.45) is 0. The molecule has 1 aromatic heterocycles. The molecule has 2 aliphatic heterocycles. The first-order chi connectivity index (χ1) is 18.3. The van der Waals surface area contributed by atoms with Crippen LogP contribution in [0.2, 0.25) is 0 Å². The van der Waals surface area contributed by atoms with Crippen molar-refractivity contribution >= 4 is 56.4 Å². The number of benzene rings is 2. The van der Waals surface area contributed by atoms with E-state index in [1.165, 1.54) is 23.3 Å². The topological polar surface area (TPSA) is 125 Å². The van der Waals surface area contributed by atoms with Crippen LogP contribution in [0.25, 0.3) is 10.8 Å². The smallest absolute Gasteiger partial charge is 0.278 e. The molecule has 3 amide bonds. The molecule has 0 aliphatic carbocycles. The van der Waals surface area contributed by atoms with E-state index in [0.717, 1.165) is 11.1 Å². The van der Waals surface area contributed by atoms with E-state index in [-0.39, 0.29) is 23.4 Å². The molecule has 0 unspecified atom stereocenters. The first kappa shape index (κ1) is 25.6. The van der Waals surface area contributed by atoms with Gasteiger partial charge in [-0.25, -0.2) is 4.98 Å². The summed E-state index contributed by atoms with van der Waals surface area (Å²) < 4.78 is 0. The van der Waals surface area contributed by atoms with E-state index in [1.807, 2.05) is 43.3 Å². The summed E-state index contributed by atoms with van der Waals surface area (Å²) in [4.78, 5) is 56.0. The molecule has 0 spiro atoms. The molecule has 5 rings (SSSR count). The maximum absolute atomic E-state index is 13.3. The van der Waals surface area contributed by atoms with E-state index >= 15 is 0 Å². The lowest BCUT2D eigenvalue weighted by Gasteiger charge is -2.37. The highest BCUT2D eigenvalue weighted by Gasteiger charge is 2.34.